The van der Waals surface area contributed by atoms with E-state index in [-0.39, 0.29) is 18.1 Å². The summed E-state index contributed by atoms with van der Waals surface area (Å²) in [7, 11) is 0. The second-order valence-electron chi connectivity index (χ2n) is 5.69. The summed E-state index contributed by atoms with van der Waals surface area (Å²) in [6.45, 7) is 3.96. The molecule has 0 saturated carbocycles. The van der Waals surface area contributed by atoms with E-state index in [2.05, 4.69) is 15.5 Å². The Kier molecular flexibility index (Phi) is 5.14. The second kappa shape index (κ2) is 7.48. The average molecular weight is 355 g/mol. The van der Waals surface area contributed by atoms with Gasteiger partial charge in [-0.05, 0) is 43.2 Å². The molecular weight excluding hydrogens is 338 g/mol. The van der Waals surface area contributed by atoms with Crippen LogP contribution in [-0.4, -0.2) is 28.3 Å². The number of rotatable bonds is 5. The Morgan fingerprint density at radius 2 is 2.16 bits per heavy atom. The van der Waals surface area contributed by atoms with E-state index in [0.717, 1.165) is 11.1 Å². The highest BCUT2D eigenvalue weighted by atomic mass is 32.2. The Balaban J connectivity index is 1.62. The Bertz CT molecular complexity index is 856. The van der Waals surface area contributed by atoms with E-state index < -0.39 is 5.25 Å². The van der Waals surface area contributed by atoms with Gasteiger partial charge in [0.05, 0.1) is 17.7 Å². The summed E-state index contributed by atoms with van der Waals surface area (Å²) in [5, 5.41) is 10.3. The van der Waals surface area contributed by atoms with E-state index in [4.69, 9.17) is 4.42 Å². The summed E-state index contributed by atoms with van der Waals surface area (Å²) in [5.41, 5.74) is 2.81. The zero-order valence-corrected chi connectivity index (χ0v) is 14.7. The zero-order valence-electron chi connectivity index (χ0n) is 13.9. The van der Waals surface area contributed by atoms with Crippen LogP contribution in [0, 0.1) is 13.8 Å². The van der Waals surface area contributed by atoms with Gasteiger partial charge in [0.15, 0.2) is 11.0 Å². The monoisotopic (exact) mass is 355 g/mol. The number of hydrogen-bond donors (Lipinski definition) is 1. The summed E-state index contributed by atoms with van der Waals surface area (Å²) in [6, 6.07) is 9.06. The molecule has 1 saturated heterocycles. The normalized spacial score (nSPS) is 18.9. The predicted molar refractivity (Wildman–Crippen MR) is 98.1 cm³/mol. The number of thioether (sulfide) groups is 1. The van der Waals surface area contributed by atoms with Crippen LogP contribution in [0.5, 0.6) is 0 Å². The fourth-order valence-corrected chi connectivity index (χ4v) is 3.21. The van der Waals surface area contributed by atoms with Gasteiger partial charge < -0.3 is 9.73 Å². The molecule has 1 atom stereocenters. The number of amides is 1. The highest BCUT2D eigenvalue weighted by Gasteiger charge is 2.32. The Hall–Kier alpha value is -2.67. The molecule has 1 aromatic heterocycles. The van der Waals surface area contributed by atoms with Crippen molar-refractivity contribution in [2.75, 3.05) is 0 Å². The molecule has 1 unspecified atom stereocenters. The first kappa shape index (κ1) is 17.2. The molecule has 128 valence electrons. The van der Waals surface area contributed by atoms with Crippen LogP contribution in [0.4, 0.5) is 0 Å². The maximum atomic E-state index is 12.4. The van der Waals surface area contributed by atoms with Crippen molar-refractivity contribution < 1.29 is 14.0 Å². The molecule has 0 aliphatic carbocycles. The predicted octanol–water partition coefficient (Wildman–Crippen LogP) is 3.09. The van der Waals surface area contributed by atoms with Crippen LogP contribution >= 0.6 is 11.8 Å². The number of amidine groups is 1. The van der Waals surface area contributed by atoms with E-state index in [1.807, 2.05) is 26.0 Å². The van der Waals surface area contributed by atoms with Crippen molar-refractivity contribution in [1.29, 1.82) is 0 Å². The average Bonchev–Trinajstić information content (AvgIpc) is 3.20. The first-order valence-electron chi connectivity index (χ1n) is 7.75. The number of benzene rings is 1. The van der Waals surface area contributed by atoms with Gasteiger partial charge in [0.1, 0.15) is 5.76 Å². The molecule has 2 heterocycles. The Labute approximate surface area is 149 Å². The molecule has 1 amide bonds. The number of nitrogens with one attached hydrogen (secondary N) is 1. The molecule has 1 aromatic carbocycles. The van der Waals surface area contributed by atoms with Gasteiger partial charge in [-0.25, -0.2) is 0 Å². The van der Waals surface area contributed by atoms with Crippen LogP contribution in [0.3, 0.4) is 0 Å². The van der Waals surface area contributed by atoms with Gasteiger partial charge in [-0.1, -0.05) is 23.9 Å². The standard InChI is InChI=1S/C18H17N3O3S/c1-11-5-6-13(8-12(11)2)15(22)9-16-17(23)20-18(25-16)21-19-10-14-4-3-7-24-14/h3-8,10,16H,9H2,1-2H3,(H,20,21,23)/b19-10+. The lowest BCUT2D eigenvalue weighted by Gasteiger charge is -2.06. The summed E-state index contributed by atoms with van der Waals surface area (Å²) >= 11 is 1.21. The van der Waals surface area contributed by atoms with E-state index >= 15 is 0 Å². The molecule has 0 spiro atoms. The lowest BCUT2D eigenvalue weighted by molar-refractivity contribution is -0.118. The molecule has 25 heavy (non-hydrogen) atoms. The molecule has 2 aromatic rings. The first-order chi connectivity index (χ1) is 12.0. The summed E-state index contributed by atoms with van der Waals surface area (Å²) < 4.78 is 5.10. The number of Topliss-reactive ketones (excluding diaryl/α,β-unsaturated/α-hetero) is 1. The molecule has 1 N–H and O–H groups in total. The third-order valence-electron chi connectivity index (χ3n) is 3.85. The van der Waals surface area contributed by atoms with Gasteiger partial charge in [-0.2, -0.15) is 5.10 Å². The van der Waals surface area contributed by atoms with Gasteiger partial charge in [-0.15, -0.1) is 5.10 Å². The highest BCUT2D eigenvalue weighted by Crippen LogP contribution is 2.24. The van der Waals surface area contributed by atoms with Gasteiger partial charge in [0, 0.05) is 12.0 Å². The highest BCUT2D eigenvalue weighted by molar-refractivity contribution is 8.15. The van der Waals surface area contributed by atoms with Gasteiger partial charge in [0.25, 0.3) is 0 Å². The number of carbonyl (C=O) groups is 2. The third-order valence-corrected chi connectivity index (χ3v) is 4.93. The van der Waals surface area contributed by atoms with Gasteiger partial charge in [0.2, 0.25) is 5.91 Å². The summed E-state index contributed by atoms with van der Waals surface area (Å²) in [5.74, 6) is 0.283. The summed E-state index contributed by atoms with van der Waals surface area (Å²) in [6.07, 6.45) is 3.11. The zero-order chi connectivity index (χ0) is 17.8. The van der Waals surface area contributed by atoms with E-state index in [1.165, 1.54) is 24.2 Å². The lowest BCUT2D eigenvalue weighted by atomic mass is 10.0. The van der Waals surface area contributed by atoms with Crippen LogP contribution < -0.4 is 5.32 Å². The van der Waals surface area contributed by atoms with Crippen molar-refractivity contribution in [3.8, 4) is 0 Å². The van der Waals surface area contributed by atoms with E-state index in [9.17, 15) is 9.59 Å². The van der Waals surface area contributed by atoms with Gasteiger partial charge >= 0.3 is 0 Å². The van der Waals surface area contributed by atoms with Crippen LogP contribution in [0.15, 0.2) is 51.2 Å². The lowest BCUT2D eigenvalue weighted by Crippen LogP contribution is -2.26. The number of ketones is 1. The number of hydrogen-bond acceptors (Lipinski definition) is 6. The molecule has 0 bridgehead atoms. The molecule has 0 radical (unpaired) electrons. The van der Waals surface area contributed by atoms with Gasteiger partial charge in [-0.3, -0.25) is 9.59 Å². The van der Waals surface area contributed by atoms with Crippen molar-refractivity contribution >= 4 is 34.8 Å². The SMILES string of the molecule is Cc1ccc(C(=O)CC2S/C(=N\N=C\c3ccco3)NC2=O)cc1C. The number of nitrogens with zero attached hydrogens (tertiary/aromatic N) is 2. The molecule has 1 fully saturated rings. The quantitative estimate of drug-likeness (QED) is 0.507. The van der Waals surface area contributed by atoms with Crippen molar-refractivity contribution in [3.05, 3.63) is 59.0 Å². The smallest absolute Gasteiger partial charge is 0.240 e. The Morgan fingerprint density at radius 3 is 2.88 bits per heavy atom. The largest absolute Gasteiger partial charge is 0.463 e. The molecule has 6 nitrogen and oxygen atoms in total. The minimum Gasteiger partial charge on any atom is -0.463 e. The number of furan rings is 1. The topological polar surface area (TPSA) is 84.0 Å². The maximum Gasteiger partial charge on any atom is 0.240 e. The minimum atomic E-state index is -0.494. The number of carbonyl (C=O) groups excluding carboxylic acids is 2. The fraction of sp³-hybridized carbons (Fsp3) is 0.222. The molecule has 1 aliphatic heterocycles. The van der Waals surface area contributed by atoms with Crippen LogP contribution in [0.1, 0.15) is 33.7 Å². The van der Waals surface area contributed by atoms with Crippen molar-refractivity contribution in [3.63, 3.8) is 0 Å². The minimum absolute atomic E-state index is 0.0592. The molecule has 1 aliphatic rings. The van der Waals surface area contributed by atoms with Crippen LogP contribution in [0.25, 0.3) is 0 Å². The van der Waals surface area contributed by atoms with E-state index in [0.29, 0.717) is 16.5 Å². The molecule has 7 heteroatoms. The maximum absolute atomic E-state index is 12.4. The van der Waals surface area contributed by atoms with Crippen molar-refractivity contribution in [2.45, 2.75) is 25.5 Å². The Morgan fingerprint density at radius 1 is 1.32 bits per heavy atom. The van der Waals surface area contributed by atoms with E-state index in [1.54, 1.807) is 18.2 Å². The van der Waals surface area contributed by atoms with Crippen LogP contribution in [0.2, 0.25) is 0 Å². The van der Waals surface area contributed by atoms with Crippen molar-refractivity contribution in [1.82, 2.24) is 5.32 Å². The van der Waals surface area contributed by atoms with Crippen molar-refractivity contribution in [2.24, 2.45) is 10.2 Å². The summed E-state index contributed by atoms with van der Waals surface area (Å²) in [4.78, 5) is 24.4. The third kappa shape index (κ3) is 4.24. The van der Waals surface area contributed by atoms with Crippen LogP contribution in [-0.2, 0) is 4.79 Å². The molecular formula is C18H17N3O3S. The first-order valence-corrected chi connectivity index (χ1v) is 8.63. The number of aryl methyl sites for hydroxylation is 2. The fourth-order valence-electron chi connectivity index (χ4n) is 2.29. The second-order valence-corrected chi connectivity index (χ2v) is 6.88. The molecule has 3 rings (SSSR count).